The summed E-state index contributed by atoms with van der Waals surface area (Å²) in [5.74, 6) is 0.583. The third-order valence-electron chi connectivity index (χ3n) is 4.07. The number of carbonyl (C=O) groups excluding carboxylic acids is 1. The third kappa shape index (κ3) is 4.70. The lowest BCUT2D eigenvalue weighted by atomic mass is 10.2. The van der Waals surface area contributed by atoms with Gasteiger partial charge < -0.3 is 18.9 Å². The molecule has 0 N–H and O–H groups in total. The van der Waals surface area contributed by atoms with Crippen LogP contribution in [0.25, 0.3) is 12.2 Å². The molecule has 9 nitrogen and oxygen atoms in total. The van der Waals surface area contributed by atoms with E-state index in [1.165, 1.54) is 13.0 Å². The standard InChI is InChI=1S/C18H19N3O6/c1-13-18(21(23)24)16(27-19-13)7-4-14-2-5-15(6-3-14)26-12-17(22)20-8-10-25-11-9-20/h2-7H,8-12H2,1H3/b7-4+. The molecular formula is C18H19N3O6. The molecule has 3 rings (SSSR count). The van der Waals surface area contributed by atoms with E-state index in [1.807, 2.05) is 0 Å². The van der Waals surface area contributed by atoms with Gasteiger partial charge in [-0.15, -0.1) is 0 Å². The highest BCUT2D eigenvalue weighted by Gasteiger charge is 2.22. The van der Waals surface area contributed by atoms with Crippen molar-refractivity contribution in [3.8, 4) is 5.75 Å². The summed E-state index contributed by atoms with van der Waals surface area (Å²) in [6.45, 7) is 3.76. The van der Waals surface area contributed by atoms with E-state index in [4.69, 9.17) is 14.0 Å². The van der Waals surface area contributed by atoms with Crippen LogP contribution in [0.3, 0.4) is 0 Å². The minimum absolute atomic E-state index is 0.0290. The molecule has 9 heteroatoms. The molecule has 2 heterocycles. The molecule has 0 saturated carbocycles. The van der Waals surface area contributed by atoms with Gasteiger partial charge >= 0.3 is 5.69 Å². The van der Waals surface area contributed by atoms with Crippen molar-refractivity contribution in [2.45, 2.75) is 6.92 Å². The first-order valence-electron chi connectivity index (χ1n) is 8.42. The summed E-state index contributed by atoms with van der Waals surface area (Å²) >= 11 is 0. The summed E-state index contributed by atoms with van der Waals surface area (Å²) in [7, 11) is 0. The SMILES string of the molecule is Cc1noc(/C=C/c2ccc(OCC(=O)N3CCOCC3)cc2)c1[N+](=O)[O-]. The van der Waals surface area contributed by atoms with E-state index in [1.54, 1.807) is 35.2 Å². The normalized spacial score (nSPS) is 14.5. The van der Waals surface area contributed by atoms with Crippen LogP contribution in [-0.4, -0.2) is 53.8 Å². The molecule has 1 saturated heterocycles. The molecule has 1 aliphatic heterocycles. The van der Waals surface area contributed by atoms with Crippen LogP contribution in [0, 0.1) is 17.0 Å². The van der Waals surface area contributed by atoms with Gasteiger partial charge in [0.15, 0.2) is 12.3 Å². The number of morpholine rings is 1. The van der Waals surface area contributed by atoms with E-state index in [0.717, 1.165) is 5.56 Å². The van der Waals surface area contributed by atoms with Crippen molar-refractivity contribution in [3.63, 3.8) is 0 Å². The summed E-state index contributed by atoms with van der Waals surface area (Å²) < 4.78 is 15.7. The second-order valence-corrected chi connectivity index (χ2v) is 5.92. The maximum atomic E-state index is 12.0. The number of nitro groups is 1. The molecule has 1 amide bonds. The lowest BCUT2D eigenvalue weighted by molar-refractivity contribution is -0.386. The number of ether oxygens (including phenoxy) is 2. The number of carbonyl (C=O) groups is 1. The lowest BCUT2D eigenvalue weighted by Crippen LogP contribution is -2.42. The maximum Gasteiger partial charge on any atom is 0.338 e. The molecule has 0 atom stereocenters. The van der Waals surface area contributed by atoms with Crippen LogP contribution in [0.1, 0.15) is 17.0 Å². The Kier molecular flexibility index (Phi) is 5.82. The molecule has 1 fully saturated rings. The lowest BCUT2D eigenvalue weighted by Gasteiger charge is -2.26. The first-order valence-corrected chi connectivity index (χ1v) is 8.42. The Morgan fingerprint density at radius 1 is 1.30 bits per heavy atom. The summed E-state index contributed by atoms with van der Waals surface area (Å²) in [4.78, 5) is 24.3. The molecule has 1 aromatic heterocycles. The van der Waals surface area contributed by atoms with Crippen LogP contribution in [0.15, 0.2) is 28.8 Å². The first kappa shape index (κ1) is 18.6. The second-order valence-electron chi connectivity index (χ2n) is 5.92. The molecule has 27 heavy (non-hydrogen) atoms. The van der Waals surface area contributed by atoms with Gasteiger partial charge in [-0.25, -0.2) is 0 Å². The Labute approximate surface area is 155 Å². The van der Waals surface area contributed by atoms with Gasteiger partial charge in [-0.2, -0.15) is 0 Å². The van der Waals surface area contributed by atoms with Gasteiger partial charge in [0, 0.05) is 13.1 Å². The number of nitrogens with zero attached hydrogens (tertiary/aromatic N) is 3. The zero-order valence-corrected chi connectivity index (χ0v) is 14.8. The fourth-order valence-electron chi connectivity index (χ4n) is 2.61. The Morgan fingerprint density at radius 2 is 2.00 bits per heavy atom. The average molecular weight is 373 g/mol. The number of aryl methyl sites for hydroxylation is 1. The topological polar surface area (TPSA) is 108 Å². The smallest absolute Gasteiger partial charge is 0.338 e. The van der Waals surface area contributed by atoms with Gasteiger partial charge in [-0.05, 0) is 30.7 Å². The number of amides is 1. The zero-order chi connectivity index (χ0) is 19.2. The fraction of sp³-hybridized carbons (Fsp3) is 0.333. The highest BCUT2D eigenvalue weighted by atomic mass is 16.6. The minimum atomic E-state index is -0.520. The highest BCUT2D eigenvalue weighted by molar-refractivity contribution is 5.78. The molecule has 2 aromatic rings. The monoisotopic (exact) mass is 373 g/mol. The number of benzene rings is 1. The predicted molar refractivity (Wildman–Crippen MR) is 96.2 cm³/mol. The van der Waals surface area contributed by atoms with E-state index < -0.39 is 4.92 Å². The van der Waals surface area contributed by atoms with E-state index in [-0.39, 0.29) is 29.7 Å². The third-order valence-corrected chi connectivity index (χ3v) is 4.07. The Morgan fingerprint density at radius 3 is 2.67 bits per heavy atom. The van der Waals surface area contributed by atoms with Crippen molar-refractivity contribution in [2.75, 3.05) is 32.9 Å². The van der Waals surface area contributed by atoms with Crippen LogP contribution in [-0.2, 0) is 9.53 Å². The van der Waals surface area contributed by atoms with E-state index in [2.05, 4.69) is 5.16 Å². The van der Waals surface area contributed by atoms with Gasteiger partial charge in [0.25, 0.3) is 5.91 Å². The second kappa shape index (κ2) is 8.45. The molecule has 1 aromatic carbocycles. The van der Waals surface area contributed by atoms with E-state index in [0.29, 0.717) is 32.1 Å². The van der Waals surface area contributed by atoms with Crippen LogP contribution in [0.4, 0.5) is 5.69 Å². The van der Waals surface area contributed by atoms with Crippen LogP contribution >= 0.6 is 0 Å². The van der Waals surface area contributed by atoms with Gasteiger partial charge in [-0.3, -0.25) is 14.9 Å². The van der Waals surface area contributed by atoms with Crippen LogP contribution < -0.4 is 4.74 Å². The largest absolute Gasteiger partial charge is 0.484 e. The minimum Gasteiger partial charge on any atom is -0.484 e. The van der Waals surface area contributed by atoms with Crippen molar-refractivity contribution >= 4 is 23.7 Å². The molecule has 0 bridgehead atoms. The summed E-state index contributed by atoms with van der Waals surface area (Å²) in [6.07, 6.45) is 3.17. The highest BCUT2D eigenvalue weighted by Crippen LogP contribution is 2.24. The quantitative estimate of drug-likeness (QED) is 0.565. The van der Waals surface area contributed by atoms with Gasteiger partial charge in [0.1, 0.15) is 5.75 Å². The van der Waals surface area contributed by atoms with Crippen LogP contribution in [0.5, 0.6) is 5.75 Å². The van der Waals surface area contributed by atoms with Crippen molar-refractivity contribution in [2.24, 2.45) is 0 Å². The van der Waals surface area contributed by atoms with Crippen molar-refractivity contribution in [1.82, 2.24) is 10.1 Å². The number of hydrogen-bond acceptors (Lipinski definition) is 7. The first-order chi connectivity index (χ1) is 13.0. The molecule has 142 valence electrons. The number of aromatic nitrogens is 1. The summed E-state index contributed by atoms with van der Waals surface area (Å²) in [5.41, 5.74) is 0.881. The van der Waals surface area contributed by atoms with Crippen LogP contribution in [0.2, 0.25) is 0 Å². The number of rotatable bonds is 6. The number of hydrogen-bond donors (Lipinski definition) is 0. The Hall–Kier alpha value is -3.20. The van der Waals surface area contributed by atoms with Gasteiger partial charge in [0.2, 0.25) is 5.76 Å². The maximum absolute atomic E-state index is 12.0. The molecule has 0 radical (unpaired) electrons. The van der Waals surface area contributed by atoms with Crippen molar-refractivity contribution < 1.29 is 23.7 Å². The average Bonchev–Trinajstić information content (AvgIpc) is 3.06. The Balaban J connectivity index is 1.57. The fourth-order valence-corrected chi connectivity index (χ4v) is 2.61. The molecular weight excluding hydrogens is 354 g/mol. The van der Waals surface area contributed by atoms with Crippen molar-refractivity contribution in [3.05, 3.63) is 51.4 Å². The zero-order valence-electron chi connectivity index (χ0n) is 14.8. The van der Waals surface area contributed by atoms with E-state index >= 15 is 0 Å². The summed E-state index contributed by atoms with van der Waals surface area (Å²) in [6, 6.07) is 7.01. The molecule has 0 spiro atoms. The predicted octanol–water partition coefficient (Wildman–Crippen LogP) is 2.30. The van der Waals surface area contributed by atoms with E-state index in [9.17, 15) is 14.9 Å². The molecule has 1 aliphatic rings. The molecule has 0 aliphatic carbocycles. The molecule has 0 unspecified atom stereocenters. The van der Waals surface area contributed by atoms with Gasteiger partial charge in [-0.1, -0.05) is 23.4 Å². The van der Waals surface area contributed by atoms with Crippen molar-refractivity contribution in [1.29, 1.82) is 0 Å². The Bertz CT molecular complexity index is 837. The summed E-state index contributed by atoms with van der Waals surface area (Å²) in [5, 5.41) is 14.6. The van der Waals surface area contributed by atoms with Gasteiger partial charge in [0.05, 0.1) is 18.1 Å².